The van der Waals surface area contributed by atoms with Gasteiger partial charge in [0.15, 0.2) is 0 Å². The Morgan fingerprint density at radius 1 is 1.64 bits per heavy atom. The summed E-state index contributed by atoms with van der Waals surface area (Å²) in [5, 5.41) is 6.44. The Bertz CT molecular complexity index is 170. The molecular weight excluding hydrogens is 136 g/mol. The highest BCUT2D eigenvalue weighted by Crippen LogP contribution is 2.06. The maximum atomic E-state index is 3.31. The van der Waals surface area contributed by atoms with E-state index in [0.29, 0.717) is 6.04 Å². The van der Waals surface area contributed by atoms with Crippen molar-refractivity contribution in [2.45, 2.75) is 19.4 Å². The molecule has 0 aromatic heterocycles. The molecule has 1 aliphatic heterocycles. The molecule has 1 unspecified atom stereocenters. The Labute approximate surface area is 68.4 Å². The minimum atomic E-state index is 0.468. The van der Waals surface area contributed by atoms with E-state index < -0.39 is 0 Å². The molecule has 0 spiro atoms. The Kier molecular flexibility index (Phi) is 3.17. The van der Waals surface area contributed by atoms with E-state index in [1.165, 1.54) is 5.57 Å². The van der Waals surface area contributed by atoms with Crippen LogP contribution in [0.4, 0.5) is 0 Å². The molecule has 2 nitrogen and oxygen atoms in total. The van der Waals surface area contributed by atoms with Crippen LogP contribution >= 0.6 is 0 Å². The van der Waals surface area contributed by atoms with E-state index in [1.54, 1.807) is 0 Å². The van der Waals surface area contributed by atoms with Gasteiger partial charge in [-0.15, -0.1) is 0 Å². The number of dihydropyridines is 1. The smallest absolute Gasteiger partial charge is 0.0566 e. The Morgan fingerprint density at radius 3 is 2.91 bits per heavy atom. The maximum absolute atomic E-state index is 3.31. The molecule has 2 heteroatoms. The van der Waals surface area contributed by atoms with Gasteiger partial charge in [0.2, 0.25) is 0 Å². The van der Waals surface area contributed by atoms with Crippen LogP contribution < -0.4 is 10.6 Å². The lowest BCUT2D eigenvalue weighted by molar-refractivity contribution is 0.631. The van der Waals surface area contributed by atoms with Crippen molar-refractivity contribution in [3.8, 4) is 0 Å². The molecule has 0 aromatic rings. The molecule has 2 N–H and O–H groups in total. The average molecular weight is 152 g/mol. The SMILES string of the molecule is CCC1=CNC(CNC)C=C1. The van der Waals surface area contributed by atoms with Crippen LogP contribution in [0.3, 0.4) is 0 Å². The molecule has 0 saturated carbocycles. The molecular formula is C9H16N2. The highest BCUT2D eigenvalue weighted by Gasteiger charge is 2.03. The second kappa shape index (κ2) is 4.19. The van der Waals surface area contributed by atoms with Crippen LogP contribution in [0.5, 0.6) is 0 Å². The van der Waals surface area contributed by atoms with Crippen molar-refractivity contribution in [1.29, 1.82) is 0 Å². The van der Waals surface area contributed by atoms with E-state index in [9.17, 15) is 0 Å². The topological polar surface area (TPSA) is 24.1 Å². The van der Waals surface area contributed by atoms with E-state index >= 15 is 0 Å². The molecule has 1 atom stereocenters. The Hall–Kier alpha value is -0.760. The highest BCUT2D eigenvalue weighted by atomic mass is 15.0. The first kappa shape index (κ1) is 8.34. The third kappa shape index (κ3) is 2.39. The van der Waals surface area contributed by atoms with Crippen LogP contribution in [0.2, 0.25) is 0 Å². The number of nitrogens with one attached hydrogen (secondary N) is 2. The summed E-state index contributed by atoms with van der Waals surface area (Å²) in [5.41, 5.74) is 1.37. The molecule has 0 aliphatic carbocycles. The maximum Gasteiger partial charge on any atom is 0.0566 e. The summed E-state index contributed by atoms with van der Waals surface area (Å²) in [6.45, 7) is 3.15. The second-order valence-corrected chi connectivity index (χ2v) is 2.76. The fourth-order valence-corrected chi connectivity index (χ4v) is 1.12. The lowest BCUT2D eigenvalue weighted by Crippen LogP contribution is -2.34. The van der Waals surface area contributed by atoms with Gasteiger partial charge in [0.05, 0.1) is 6.04 Å². The van der Waals surface area contributed by atoms with Gasteiger partial charge in [-0.25, -0.2) is 0 Å². The van der Waals surface area contributed by atoms with Gasteiger partial charge in [-0.1, -0.05) is 19.1 Å². The van der Waals surface area contributed by atoms with Gasteiger partial charge in [-0.3, -0.25) is 0 Å². The zero-order chi connectivity index (χ0) is 8.10. The Morgan fingerprint density at radius 2 is 2.45 bits per heavy atom. The van der Waals surface area contributed by atoms with Crippen molar-refractivity contribution in [1.82, 2.24) is 10.6 Å². The summed E-state index contributed by atoms with van der Waals surface area (Å²) >= 11 is 0. The van der Waals surface area contributed by atoms with Crippen LogP contribution in [-0.2, 0) is 0 Å². The summed E-state index contributed by atoms with van der Waals surface area (Å²) in [5.74, 6) is 0. The first-order valence-corrected chi connectivity index (χ1v) is 4.14. The molecule has 1 rings (SSSR count). The number of allylic oxidation sites excluding steroid dienone is 2. The molecule has 0 radical (unpaired) electrons. The van der Waals surface area contributed by atoms with Crippen LogP contribution in [-0.4, -0.2) is 19.6 Å². The molecule has 0 saturated heterocycles. The van der Waals surface area contributed by atoms with Crippen molar-refractivity contribution < 1.29 is 0 Å². The van der Waals surface area contributed by atoms with Crippen LogP contribution in [0.15, 0.2) is 23.9 Å². The van der Waals surface area contributed by atoms with Crippen LogP contribution in [0, 0.1) is 0 Å². The van der Waals surface area contributed by atoms with Gasteiger partial charge >= 0.3 is 0 Å². The van der Waals surface area contributed by atoms with Crippen LogP contribution in [0.25, 0.3) is 0 Å². The van der Waals surface area contributed by atoms with E-state index in [-0.39, 0.29) is 0 Å². The predicted molar refractivity (Wildman–Crippen MR) is 48.4 cm³/mol. The van der Waals surface area contributed by atoms with Gasteiger partial charge in [0.25, 0.3) is 0 Å². The summed E-state index contributed by atoms with van der Waals surface area (Å²) in [6.07, 6.45) is 7.60. The fourth-order valence-electron chi connectivity index (χ4n) is 1.12. The van der Waals surface area contributed by atoms with E-state index in [2.05, 4.69) is 35.9 Å². The third-order valence-corrected chi connectivity index (χ3v) is 1.86. The average Bonchev–Trinajstić information content (AvgIpc) is 2.07. The first-order chi connectivity index (χ1) is 5.36. The van der Waals surface area contributed by atoms with Gasteiger partial charge < -0.3 is 10.6 Å². The number of rotatable bonds is 3. The molecule has 1 heterocycles. The lowest BCUT2D eigenvalue weighted by Gasteiger charge is -2.17. The first-order valence-electron chi connectivity index (χ1n) is 4.14. The predicted octanol–water partition coefficient (Wildman–Crippen LogP) is 1.03. The summed E-state index contributed by atoms with van der Waals surface area (Å²) in [6, 6.07) is 0.468. The van der Waals surface area contributed by atoms with Crippen LogP contribution in [0.1, 0.15) is 13.3 Å². The quantitative estimate of drug-likeness (QED) is 0.631. The van der Waals surface area contributed by atoms with Crippen molar-refractivity contribution in [2.75, 3.05) is 13.6 Å². The largest absolute Gasteiger partial charge is 0.383 e. The van der Waals surface area contributed by atoms with Crippen molar-refractivity contribution in [2.24, 2.45) is 0 Å². The van der Waals surface area contributed by atoms with E-state index in [4.69, 9.17) is 0 Å². The molecule has 0 amide bonds. The third-order valence-electron chi connectivity index (χ3n) is 1.86. The zero-order valence-corrected chi connectivity index (χ0v) is 7.22. The van der Waals surface area contributed by atoms with E-state index in [0.717, 1.165) is 13.0 Å². The lowest BCUT2D eigenvalue weighted by atomic mass is 10.1. The van der Waals surface area contributed by atoms with Gasteiger partial charge in [-0.2, -0.15) is 0 Å². The molecule has 0 aromatic carbocycles. The molecule has 11 heavy (non-hydrogen) atoms. The highest BCUT2D eigenvalue weighted by molar-refractivity contribution is 5.23. The van der Waals surface area contributed by atoms with Crippen molar-refractivity contribution in [3.63, 3.8) is 0 Å². The molecule has 62 valence electrons. The van der Waals surface area contributed by atoms with Crippen molar-refractivity contribution >= 4 is 0 Å². The van der Waals surface area contributed by atoms with Crippen molar-refractivity contribution in [3.05, 3.63) is 23.9 Å². The minimum absolute atomic E-state index is 0.468. The van der Waals surface area contributed by atoms with Gasteiger partial charge in [-0.05, 0) is 19.0 Å². The molecule has 0 fully saturated rings. The van der Waals surface area contributed by atoms with Gasteiger partial charge in [0, 0.05) is 12.7 Å². The van der Waals surface area contributed by atoms with Gasteiger partial charge in [0.1, 0.15) is 0 Å². The number of hydrogen-bond acceptors (Lipinski definition) is 2. The normalized spacial score (nSPS) is 22.7. The monoisotopic (exact) mass is 152 g/mol. The number of hydrogen-bond donors (Lipinski definition) is 2. The minimum Gasteiger partial charge on any atom is -0.383 e. The molecule has 0 bridgehead atoms. The standard InChI is InChI=1S/C9H16N2/c1-3-8-4-5-9(7-10-2)11-6-8/h4-6,9-11H,3,7H2,1-2H3. The van der Waals surface area contributed by atoms with E-state index in [1.807, 2.05) is 7.05 Å². The Balaban J connectivity index is 2.37. The second-order valence-electron chi connectivity index (χ2n) is 2.76. The molecule has 1 aliphatic rings. The fraction of sp³-hybridized carbons (Fsp3) is 0.556. The zero-order valence-electron chi connectivity index (χ0n) is 7.22. The summed E-state index contributed by atoms with van der Waals surface area (Å²) in [7, 11) is 1.97. The summed E-state index contributed by atoms with van der Waals surface area (Å²) < 4.78 is 0. The number of likely N-dealkylation sites (N-methyl/N-ethyl adjacent to an activating group) is 1. The summed E-state index contributed by atoms with van der Waals surface area (Å²) in [4.78, 5) is 0.